The molecule has 1 N–H and O–H groups in total. The highest BCUT2D eigenvalue weighted by molar-refractivity contribution is 5.45. The van der Waals surface area contributed by atoms with Gasteiger partial charge in [-0.3, -0.25) is 0 Å². The van der Waals surface area contributed by atoms with Crippen LogP contribution in [0.5, 0.6) is 0 Å². The van der Waals surface area contributed by atoms with Crippen molar-refractivity contribution in [2.75, 3.05) is 6.54 Å². The number of hydrogen-bond donors (Lipinski definition) is 1. The third kappa shape index (κ3) is 2.12. The van der Waals surface area contributed by atoms with Crippen LogP contribution in [0.2, 0.25) is 0 Å². The molecule has 2 fully saturated rings. The van der Waals surface area contributed by atoms with E-state index in [0.717, 1.165) is 12.0 Å². The highest BCUT2D eigenvalue weighted by Crippen LogP contribution is 2.66. The predicted molar refractivity (Wildman–Crippen MR) is 69.3 cm³/mol. The minimum absolute atomic E-state index is 0.0606. The fourth-order valence-electron chi connectivity index (χ4n) is 3.12. The van der Waals surface area contributed by atoms with E-state index < -0.39 is 11.3 Å². The molecular formula is C15H16F2N2. The number of rotatable bonds is 1. The van der Waals surface area contributed by atoms with E-state index in [9.17, 15) is 8.78 Å². The van der Waals surface area contributed by atoms with Crippen LogP contribution in [0.3, 0.4) is 0 Å². The molecule has 1 aromatic rings. The van der Waals surface area contributed by atoms with Crippen LogP contribution in [-0.4, -0.2) is 12.5 Å². The molecule has 1 aliphatic carbocycles. The number of nitrogens with one attached hydrogen (secondary N) is 1. The molecule has 0 radical (unpaired) electrons. The van der Waals surface area contributed by atoms with Gasteiger partial charge in [0, 0.05) is 17.9 Å². The molecule has 2 nitrogen and oxygen atoms in total. The van der Waals surface area contributed by atoms with Crippen LogP contribution in [0.1, 0.15) is 37.3 Å². The second kappa shape index (κ2) is 4.28. The van der Waals surface area contributed by atoms with E-state index in [-0.39, 0.29) is 12.5 Å². The summed E-state index contributed by atoms with van der Waals surface area (Å²) in [6.45, 7) is 7.57. The number of nitrogens with zero attached hydrogens (tertiary/aromatic N) is 1. The van der Waals surface area contributed by atoms with Crippen LogP contribution in [0.25, 0.3) is 4.85 Å². The first-order valence-corrected chi connectivity index (χ1v) is 6.65. The van der Waals surface area contributed by atoms with Gasteiger partial charge >= 0.3 is 0 Å². The Kier molecular flexibility index (Phi) is 2.83. The molecule has 19 heavy (non-hydrogen) atoms. The van der Waals surface area contributed by atoms with E-state index in [0.29, 0.717) is 25.1 Å². The largest absolute Gasteiger partial charge is 0.310 e. The van der Waals surface area contributed by atoms with Gasteiger partial charge in [0.05, 0.1) is 6.57 Å². The molecule has 1 aliphatic heterocycles. The summed E-state index contributed by atoms with van der Waals surface area (Å²) in [5, 5.41) is 3.36. The molecule has 4 heteroatoms. The Morgan fingerprint density at radius 3 is 2.47 bits per heavy atom. The summed E-state index contributed by atoms with van der Waals surface area (Å²) in [5.41, 5.74) is 0.974. The van der Waals surface area contributed by atoms with E-state index in [1.54, 1.807) is 12.1 Å². The predicted octanol–water partition coefficient (Wildman–Crippen LogP) is 4.08. The molecule has 1 saturated carbocycles. The number of halogens is 2. The zero-order chi connectivity index (χ0) is 13.5. The SMILES string of the molecule is [C-]#[N+]c1ccc(C2CCC3(CCN2)CC3(F)F)cc1. The van der Waals surface area contributed by atoms with Gasteiger partial charge in [0.25, 0.3) is 5.92 Å². The minimum atomic E-state index is -2.45. The van der Waals surface area contributed by atoms with Crippen molar-refractivity contribution in [1.82, 2.24) is 5.32 Å². The molecule has 2 aliphatic rings. The first kappa shape index (κ1) is 12.6. The molecule has 0 amide bonds. The lowest BCUT2D eigenvalue weighted by Gasteiger charge is -2.16. The maximum atomic E-state index is 13.4. The summed E-state index contributed by atoms with van der Waals surface area (Å²) in [5.74, 6) is -2.45. The lowest BCUT2D eigenvalue weighted by atomic mass is 9.93. The van der Waals surface area contributed by atoms with Crippen LogP contribution >= 0.6 is 0 Å². The fraction of sp³-hybridized carbons (Fsp3) is 0.533. The van der Waals surface area contributed by atoms with Gasteiger partial charge in [-0.05, 0) is 31.4 Å². The second-order valence-electron chi connectivity index (χ2n) is 5.66. The average Bonchev–Trinajstić information content (AvgIpc) is 3.03. The van der Waals surface area contributed by atoms with Crippen LogP contribution in [0.15, 0.2) is 24.3 Å². The summed E-state index contributed by atoms with van der Waals surface area (Å²) in [4.78, 5) is 3.36. The Morgan fingerprint density at radius 1 is 1.21 bits per heavy atom. The molecule has 2 unspecified atom stereocenters. The monoisotopic (exact) mass is 262 g/mol. The van der Waals surface area contributed by atoms with Crippen molar-refractivity contribution in [2.24, 2.45) is 5.41 Å². The van der Waals surface area contributed by atoms with E-state index in [4.69, 9.17) is 6.57 Å². The molecule has 0 aromatic heterocycles. The molecule has 100 valence electrons. The third-order valence-corrected chi connectivity index (χ3v) is 4.54. The topological polar surface area (TPSA) is 16.4 Å². The first-order chi connectivity index (χ1) is 9.06. The first-order valence-electron chi connectivity index (χ1n) is 6.65. The van der Waals surface area contributed by atoms with E-state index >= 15 is 0 Å². The van der Waals surface area contributed by atoms with Gasteiger partial charge in [-0.25, -0.2) is 13.6 Å². The lowest BCUT2D eigenvalue weighted by Crippen LogP contribution is -2.20. The highest BCUT2D eigenvalue weighted by atomic mass is 19.3. The maximum absolute atomic E-state index is 13.4. The summed E-state index contributed by atoms with van der Waals surface area (Å²) < 4.78 is 26.8. The number of benzene rings is 1. The van der Waals surface area contributed by atoms with Gasteiger partial charge in [-0.15, -0.1) is 0 Å². The van der Waals surface area contributed by atoms with Crippen LogP contribution < -0.4 is 5.32 Å². The van der Waals surface area contributed by atoms with Gasteiger partial charge in [0.15, 0.2) is 5.69 Å². The smallest absolute Gasteiger partial charge is 0.254 e. The molecule has 1 spiro atoms. The van der Waals surface area contributed by atoms with E-state index in [1.807, 2.05) is 12.1 Å². The number of hydrogen-bond acceptors (Lipinski definition) is 1. The Balaban J connectivity index is 1.71. The van der Waals surface area contributed by atoms with Gasteiger partial charge in [0.2, 0.25) is 0 Å². The zero-order valence-corrected chi connectivity index (χ0v) is 10.6. The van der Waals surface area contributed by atoms with Crippen molar-refractivity contribution < 1.29 is 8.78 Å². The van der Waals surface area contributed by atoms with Gasteiger partial charge < -0.3 is 5.32 Å². The summed E-state index contributed by atoms with van der Waals surface area (Å²) in [6, 6.07) is 7.56. The molecule has 1 aromatic carbocycles. The fourth-order valence-corrected chi connectivity index (χ4v) is 3.12. The molecular weight excluding hydrogens is 246 g/mol. The molecule has 1 saturated heterocycles. The zero-order valence-electron chi connectivity index (χ0n) is 10.6. The van der Waals surface area contributed by atoms with E-state index in [1.165, 1.54) is 0 Å². The summed E-state index contributed by atoms with van der Waals surface area (Å²) >= 11 is 0. The van der Waals surface area contributed by atoms with Crippen molar-refractivity contribution in [1.29, 1.82) is 0 Å². The van der Waals surface area contributed by atoms with Gasteiger partial charge in [-0.2, -0.15) is 0 Å². The Hall–Kier alpha value is -1.47. The molecule has 3 rings (SSSR count). The Bertz CT molecular complexity index is 518. The average molecular weight is 262 g/mol. The molecule has 1 heterocycles. The van der Waals surface area contributed by atoms with E-state index in [2.05, 4.69) is 10.2 Å². The summed E-state index contributed by atoms with van der Waals surface area (Å²) in [7, 11) is 0. The van der Waals surface area contributed by atoms with Crippen LogP contribution in [0.4, 0.5) is 14.5 Å². The van der Waals surface area contributed by atoms with Gasteiger partial charge in [-0.1, -0.05) is 24.3 Å². The van der Waals surface area contributed by atoms with Crippen molar-refractivity contribution in [2.45, 2.75) is 37.6 Å². The third-order valence-electron chi connectivity index (χ3n) is 4.54. The van der Waals surface area contributed by atoms with Crippen LogP contribution in [0, 0.1) is 12.0 Å². The van der Waals surface area contributed by atoms with Crippen molar-refractivity contribution in [3.8, 4) is 0 Å². The molecule has 2 atom stereocenters. The lowest BCUT2D eigenvalue weighted by molar-refractivity contribution is 0.0585. The maximum Gasteiger partial charge on any atom is 0.254 e. The van der Waals surface area contributed by atoms with Crippen molar-refractivity contribution >= 4 is 5.69 Å². The van der Waals surface area contributed by atoms with Crippen molar-refractivity contribution in [3.05, 3.63) is 41.2 Å². The normalized spacial score (nSPS) is 32.6. The van der Waals surface area contributed by atoms with Crippen molar-refractivity contribution in [3.63, 3.8) is 0 Å². The number of alkyl halides is 2. The van der Waals surface area contributed by atoms with Gasteiger partial charge in [0.1, 0.15) is 0 Å². The Labute approximate surface area is 111 Å². The molecule has 0 bridgehead atoms. The second-order valence-corrected chi connectivity index (χ2v) is 5.66. The quantitative estimate of drug-likeness (QED) is 0.754. The highest BCUT2D eigenvalue weighted by Gasteiger charge is 2.69. The van der Waals surface area contributed by atoms with Crippen LogP contribution in [-0.2, 0) is 0 Å². The Morgan fingerprint density at radius 2 is 1.89 bits per heavy atom. The minimum Gasteiger partial charge on any atom is -0.310 e. The standard InChI is InChI=1S/C15H16F2N2/c1-18-12-4-2-11(3-5-12)13-6-7-14(8-9-19-13)10-15(14,16)17/h2-5,13,19H,6-10H2. The summed E-state index contributed by atoms with van der Waals surface area (Å²) in [6.07, 6.45) is 1.96.